The number of nitrogens with zero attached hydrogens (tertiary/aromatic N) is 1. The predicted molar refractivity (Wildman–Crippen MR) is 77.0 cm³/mol. The fourth-order valence-electron chi connectivity index (χ4n) is 3.01. The van der Waals surface area contributed by atoms with Crippen molar-refractivity contribution in [1.82, 2.24) is 9.62 Å². The van der Waals surface area contributed by atoms with Crippen LogP contribution in [0.1, 0.15) is 15.9 Å². The summed E-state index contributed by atoms with van der Waals surface area (Å²) in [7, 11) is -3.89. The molecule has 3 rings (SSSR count). The molecule has 0 spiro atoms. The Morgan fingerprint density at radius 3 is 2.26 bits per heavy atom. The Morgan fingerprint density at radius 2 is 1.78 bits per heavy atom. The molecule has 2 atom stereocenters. The van der Waals surface area contributed by atoms with Crippen molar-refractivity contribution in [2.75, 3.05) is 13.1 Å². The van der Waals surface area contributed by atoms with Crippen molar-refractivity contribution >= 4 is 27.8 Å². The number of rotatable bonds is 3. The maximum Gasteiger partial charge on any atom is 0.335 e. The topological polar surface area (TPSA) is 121 Å². The van der Waals surface area contributed by atoms with Crippen LogP contribution < -0.4 is 5.32 Å². The Labute approximate surface area is 132 Å². The summed E-state index contributed by atoms with van der Waals surface area (Å²) in [6.07, 6.45) is 0. The van der Waals surface area contributed by atoms with E-state index in [2.05, 4.69) is 5.32 Å². The molecule has 0 unspecified atom stereocenters. The summed E-state index contributed by atoms with van der Waals surface area (Å²) >= 11 is 0. The third kappa shape index (κ3) is 2.41. The number of fused-ring (bicyclic) bond motifs is 1. The summed E-state index contributed by atoms with van der Waals surface area (Å²) < 4.78 is 26.5. The zero-order valence-electron chi connectivity index (χ0n) is 12.1. The minimum absolute atomic E-state index is 0.00528. The number of imide groups is 1. The van der Waals surface area contributed by atoms with E-state index < -0.39 is 39.6 Å². The summed E-state index contributed by atoms with van der Waals surface area (Å²) in [6, 6.07) is 3.74. The number of carboxylic acids is 1. The lowest BCUT2D eigenvalue weighted by Gasteiger charge is -2.18. The van der Waals surface area contributed by atoms with Crippen LogP contribution in [0.5, 0.6) is 0 Å². The second-order valence-electron chi connectivity index (χ2n) is 5.67. The molecule has 9 heteroatoms. The standard InChI is InChI=1S/C14H14N2O6S/c1-7-4-8(14(19)20)2-3-11(7)23(21,22)16-5-9-10(6-16)13(18)15-12(9)17/h2-4,9-10H,5-6H2,1H3,(H,19,20)(H,15,17,18)/t9-,10+. The molecule has 0 bridgehead atoms. The Bertz CT molecular complexity index is 810. The molecule has 2 amide bonds. The minimum atomic E-state index is -3.89. The van der Waals surface area contributed by atoms with E-state index >= 15 is 0 Å². The van der Waals surface area contributed by atoms with Gasteiger partial charge in [-0.15, -0.1) is 0 Å². The Morgan fingerprint density at radius 1 is 1.22 bits per heavy atom. The number of carboxylic acid groups (broad SMARTS) is 1. The maximum absolute atomic E-state index is 12.7. The van der Waals surface area contributed by atoms with Crippen LogP contribution in [0.2, 0.25) is 0 Å². The predicted octanol–water partition coefficient (Wildman–Crippen LogP) is -0.414. The van der Waals surface area contributed by atoms with E-state index in [1.165, 1.54) is 25.1 Å². The fraction of sp³-hybridized carbons (Fsp3) is 0.357. The number of hydrogen-bond acceptors (Lipinski definition) is 5. The van der Waals surface area contributed by atoms with E-state index in [1.54, 1.807) is 0 Å². The highest BCUT2D eigenvalue weighted by Gasteiger charge is 2.50. The zero-order valence-corrected chi connectivity index (χ0v) is 13.0. The number of nitrogens with one attached hydrogen (secondary N) is 1. The number of aromatic carboxylic acids is 1. The van der Waals surface area contributed by atoms with Crippen molar-refractivity contribution in [2.45, 2.75) is 11.8 Å². The molecule has 0 radical (unpaired) electrons. The van der Waals surface area contributed by atoms with E-state index in [-0.39, 0.29) is 23.5 Å². The molecule has 0 saturated carbocycles. The first-order valence-electron chi connectivity index (χ1n) is 6.90. The minimum Gasteiger partial charge on any atom is -0.478 e. The quantitative estimate of drug-likeness (QED) is 0.723. The molecular weight excluding hydrogens is 324 g/mol. The number of carbonyl (C=O) groups is 3. The van der Waals surface area contributed by atoms with E-state index in [9.17, 15) is 22.8 Å². The van der Waals surface area contributed by atoms with Crippen LogP contribution in [-0.4, -0.2) is 48.7 Å². The molecule has 2 saturated heterocycles. The smallest absolute Gasteiger partial charge is 0.335 e. The Balaban J connectivity index is 1.93. The van der Waals surface area contributed by atoms with Gasteiger partial charge in [0.05, 0.1) is 22.3 Å². The Kier molecular flexibility index (Phi) is 3.49. The molecule has 0 aliphatic carbocycles. The van der Waals surface area contributed by atoms with Crippen molar-refractivity contribution in [1.29, 1.82) is 0 Å². The molecule has 0 aromatic heterocycles. The number of amides is 2. The van der Waals surface area contributed by atoms with Gasteiger partial charge in [0.15, 0.2) is 0 Å². The van der Waals surface area contributed by atoms with Gasteiger partial charge in [0.25, 0.3) is 0 Å². The van der Waals surface area contributed by atoms with Crippen molar-refractivity contribution in [3.63, 3.8) is 0 Å². The highest BCUT2D eigenvalue weighted by Crippen LogP contribution is 2.33. The van der Waals surface area contributed by atoms with Crippen LogP contribution in [-0.2, 0) is 19.6 Å². The van der Waals surface area contributed by atoms with Crippen molar-refractivity contribution in [3.8, 4) is 0 Å². The lowest BCUT2D eigenvalue weighted by Crippen LogP contribution is -2.35. The van der Waals surface area contributed by atoms with Crippen LogP contribution in [0.3, 0.4) is 0 Å². The van der Waals surface area contributed by atoms with E-state index in [4.69, 9.17) is 5.11 Å². The molecule has 1 aromatic rings. The van der Waals surface area contributed by atoms with Crippen LogP contribution in [0, 0.1) is 18.8 Å². The Hall–Kier alpha value is -2.26. The average Bonchev–Trinajstić information content (AvgIpc) is 3.01. The molecule has 122 valence electrons. The maximum atomic E-state index is 12.7. The van der Waals surface area contributed by atoms with Gasteiger partial charge >= 0.3 is 5.97 Å². The van der Waals surface area contributed by atoms with Crippen LogP contribution in [0.15, 0.2) is 23.1 Å². The number of benzene rings is 1. The molecule has 2 aliphatic rings. The molecule has 8 nitrogen and oxygen atoms in total. The van der Waals surface area contributed by atoms with Crippen LogP contribution in [0.4, 0.5) is 0 Å². The van der Waals surface area contributed by atoms with Gasteiger partial charge in [-0.25, -0.2) is 13.2 Å². The first-order valence-corrected chi connectivity index (χ1v) is 8.34. The first kappa shape index (κ1) is 15.6. The van der Waals surface area contributed by atoms with Crippen molar-refractivity contribution in [2.24, 2.45) is 11.8 Å². The highest BCUT2D eigenvalue weighted by molar-refractivity contribution is 7.89. The number of carbonyl (C=O) groups excluding carboxylic acids is 2. The molecule has 1 aromatic carbocycles. The molecular formula is C14H14N2O6S. The van der Waals surface area contributed by atoms with Gasteiger partial charge in [-0.1, -0.05) is 0 Å². The van der Waals surface area contributed by atoms with Gasteiger partial charge in [-0.3, -0.25) is 14.9 Å². The van der Waals surface area contributed by atoms with Crippen LogP contribution in [0.25, 0.3) is 0 Å². The third-order valence-electron chi connectivity index (χ3n) is 4.25. The normalized spacial score (nSPS) is 24.6. The molecule has 23 heavy (non-hydrogen) atoms. The second-order valence-corrected chi connectivity index (χ2v) is 7.58. The lowest BCUT2D eigenvalue weighted by atomic mass is 10.00. The zero-order chi connectivity index (χ0) is 16.9. The monoisotopic (exact) mass is 338 g/mol. The van der Waals surface area contributed by atoms with Crippen molar-refractivity contribution < 1.29 is 27.9 Å². The van der Waals surface area contributed by atoms with Gasteiger partial charge in [-0.2, -0.15) is 4.31 Å². The number of aryl methyl sites for hydroxylation is 1. The van der Waals surface area contributed by atoms with E-state index in [1.807, 2.05) is 0 Å². The van der Waals surface area contributed by atoms with Crippen molar-refractivity contribution in [3.05, 3.63) is 29.3 Å². The average molecular weight is 338 g/mol. The fourth-order valence-corrected chi connectivity index (χ4v) is 4.71. The summed E-state index contributed by atoms with van der Waals surface area (Å²) in [5.74, 6) is -3.35. The molecule has 2 heterocycles. The summed E-state index contributed by atoms with van der Waals surface area (Å²) in [5.41, 5.74) is 0.298. The van der Waals surface area contributed by atoms with Gasteiger partial charge in [0.2, 0.25) is 21.8 Å². The summed E-state index contributed by atoms with van der Waals surface area (Å²) in [6.45, 7) is 1.41. The van der Waals surface area contributed by atoms with Crippen LogP contribution >= 0.6 is 0 Å². The third-order valence-corrected chi connectivity index (χ3v) is 6.24. The van der Waals surface area contributed by atoms with Gasteiger partial charge in [0, 0.05) is 13.1 Å². The SMILES string of the molecule is Cc1cc(C(=O)O)ccc1S(=O)(=O)N1C[C@@H]2C(=O)NC(=O)[C@@H]2C1. The largest absolute Gasteiger partial charge is 0.478 e. The van der Waals surface area contributed by atoms with Gasteiger partial charge < -0.3 is 5.11 Å². The molecule has 2 fully saturated rings. The lowest BCUT2D eigenvalue weighted by molar-refractivity contribution is -0.126. The summed E-state index contributed by atoms with van der Waals surface area (Å²) in [4.78, 5) is 34.2. The van der Waals surface area contributed by atoms with E-state index in [0.717, 1.165) is 4.31 Å². The number of hydrogen-bond donors (Lipinski definition) is 2. The van der Waals surface area contributed by atoms with E-state index in [0.29, 0.717) is 5.56 Å². The van der Waals surface area contributed by atoms with Gasteiger partial charge in [-0.05, 0) is 30.7 Å². The summed E-state index contributed by atoms with van der Waals surface area (Å²) in [5, 5.41) is 11.1. The first-order chi connectivity index (χ1) is 10.7. The number of sulfonamides is 1. The second kappa shape index (κ2) is 5.14. The molecule has 2 N–H and O–H groups in total. The van der Waals surface area contributed by atoms with Gasteiger partial charge in [0.1, 0.15) is 0 Å². The highest BCUT2D eigenvalue weighted by atomic mass is 32.2. The molecule has 2 aliphatic heterocycles.